The number of hydrogen-bond acceptors (Lipinski definition) is 2. The largest absolute Gasteiger partial charge is 0.324 e. The van der Waals surface area contributed by atoms with Gasteiger partial charge in [-0.05, 0) is 53.9 Å². The van der Waals surface area contributed by atoms with Gasteiger partial charge in [0.05, 0.1) is 12.2 Å². The molecule has 1 N–H and O–H groups in total. The molecule has 3 nitrogen and oxygen atoms in total. The first-order valence-corrected chi connectivity index (χ1v) is 7.78. The maximum absolute atomic E-state index is 12.1. The quantitative estimate of drug-likeness (QED) is 0.916. The van der Waals surface area contributed by atoms with Crippen molar-refractivity contribution in [3.05, 3.63) is 28.7 Å². The Bertz CT molecular complexity index is 436. The fourth-order valence-corrected chi connectivity index (χ4v) is 3.05. The van der Waals surface area contributed by atoms with Crippen LogP contribution in [0.15, 0.2) is 28.7 Å². The zero-order chi connectivity index (χ0) is 13.7. The molecule has 104 valence electrons. The van der Waals surface area contributed by atoms with Gasteiger partial charge in [-0.1, -0.05) is 25.5 Å². The summed E-state index contributed by atoms with van der Waals surface area (Å²) in [6.07, 6.45) is 4.85. The summed E-state index contributed by atoms with van der Waals surface area (Å²) >= 11 is 3.45. The maximum Gasteiger partial charge on any atom is 0.238 e. The van der Waals surface area contributed by atoms with Crippen molar-refractivity contribution in [2.24, 2.45) is 0 Å². The number of amides is 1. The number of hydrogen-bond donors (Lipinski definition) is 1. The summed E-state index contributed by atoms with van der Waals surface area (Å²) in [7, 11) is 0. The van der Waals surface area contributed by atoms with Crippen LogP contribution in [0, 0.1) is 0 Å². The second-order valence-electron chi connectivity index (χ2n) is 5.06. The van der Waals surface area contributed by atoms with Gasteiger partial charge in [-0.3, -0.25) is 9.69 Å². The predicted octanol–water partition coefficient (Wildman–Crippen LogP) is 3.65. The van der Waals surface area contributed by atoms with Crippen molar-refractivity contribution in [2.45, 2.75) is 38.6 Å². The third-order valence-corrected chi connectivity index (χ3v) is 4.41. The van der Waals surface area contributed by atoms with Crippen LogP contribution in [-0.2, 0) is 4.79 Å². The smallest absolute Gasteiger partial charge is 0.238 e. The van der Waals surface area contributed by atoms with E-state index in [1.54, 1.807) is 0 Å². The molecular weight excluding hydrogens is 304 g/mol. The van der Waals surface area contributed by atoms with Crippen LogP contribution in [0.25, 0.3) is 0 Å². The van der Waals surface area contributed by atoms with Gasteiger partial charge >= 0.3 is 0 Å². The lowest BCUT2D eigenvalue weighted by atomic mass is 10.00. The Morgan fingerprint density at radius 2 is 2.21 bits per heavy atom. The van der Waals surface area contributed by atoms with Crippen LogP contribution < -0.4 is 5.32 Å². The van der Waals surface area contributed by atoms with Crippen LogP contribution in [0.1, 0.15) is 32.6 Å². The predicted molar refractivity (Wildman–Crippen MR) is 82.3 cm³/mol. The molecule has 2 rings (SSSR count). The zero-order valence-electron chi connectivity index (χ0n) is 11.4. The molecule has 0 bridgehead atoms. The summed E-state index contributed by atoms with van der Waals surface area (Å²) < 4.78 is 0.925. The van der Waals surface area contributed by atoms with E-state index in [-0.39, 0.29) is 5.91 Å². The molecule has 19 heavy (non-hydrogen) atoms. The van der Waals surface area contributed by atoms with Crippen LogP contribution >= 0.6 is 15.9 Å². The highest BCUT2D eigenvalue weighted by Crippen LogP contribution is 2.22. The lowest BCUT2D eigenvalue weighted by Gasteiger charge is -2.34. The summed E-state index contributed by atoms with van der Waals surface area (Å²) in [5.41, 5.74) is 0.845. The minimum atomic E-state index is 0.0762. The van der Waals surface area contributed by atoms with Crippen LogP contribution in [0.3, 0.4) is 0 Å². The summed E-state index contributed by atoms with van der Waals surface area (Å²) in [4.78, 5) is 14.4. The minimum absolute atomic E-state index is 0.0762. The number of nitrogens with zero attached hydrogens (tertiary/aromatic N) is 1. The van der Waals surface area contributed by atoms with E-state index < -0.39 is 0 Å². The first kappa shape index (κ1) is 14.5. The normalized spacial score (nSPS) is 20.2. The van der Waals surface area contributed by atoms with Gasteiger partial charge in [0.15, 0.2) is 0 Å². The highest BCUT2D eigenvalue weighted by atomic mass is 79.9. The standard InChI is InChI=1S/C15H21BrN2O/c1-2-12-7-5-6-10-18(12)11-15(19)17-14-9-4-3-8-13(14)16/h3-4,8-9,12H,2,5-7,10-11H2,1H3,(H,17,19). The molecular formula is C15H21BrN2O. The second-order valence-corrected chi connectivity index (χ2v) is 5.91. The lowest BCUT2D eigenvalue weighted by Crippen LogP contribution is -2.43. The van der Waals surface area contributed by atoms with E-state index in [1.807, 2.05) is 24.3 Å². The lowest BCUT2D eigenvalue weighted by molar-refractivity contribution is -0.118. The Balaban J connectivity index is 1.92. The molecule has 1 aliphatic rings. The zero-order valence-corrected chi connectivity index (χ0v) is 12.9. The maximum atomic E-state index is 12.1. The van der Waals surface area contributed by atoms with E-state index in [1.165, 1.54) is 19.3 Å². The second kappa shape index (κ2) is 7.06. The van der Waals surface area contributed by atoms with E-state index in [0.717, 1.165) is 23.1 Å². The minimum Gasteiger partial charge on any atom is -0.324 e. The molecule has 0 radical (unpaired) electrons. The molecule has 1 unspecified atom stereocenters. The molecule has 1 atom stereocenters. The Morgan fingerprint density at radius 3 is 2.95 bits per heavy atom. The summed E-state index contributed by atoms with van der Waals surface area (Å²) in [6, 6.07) is 8.28. The molecule has 1 amide bonds. The van der Waals surface area contributed by atoms with Gasteiger partial charge in [-0.2, -0.15) is 0 Å². The Hall–Kier alpha value is -0.870. The van der Waals surface area contributed by atoms with E-state index in [2.05, 4.69) is 33.1 Å². The number of rotatable bonds is 4. The van der Waals surface area contributed by atoms with Crippen molar-refractivity contribution in [1.29, 1.82) is 0 Å². The first-order chi connectivity index (χ1) is 9.20. The van der Waals surface area contributed by atoms with Gasteiger partial charge in [-0.25, -0.2) is 0 Å². The monoisotopic (exact) mass is 324 g/mol. The summed E-state index contributed by atoms with van der Waals surface area (Å²) in [6.45, 7) is 3.75. The fraction of sp³-hybridized carbons (Fsp3) is 0.533. The molecule has 0 aliphatic carbocycles. The molecule has 1 aromatic rings. The molecule has 0 aromatic heterocycles. The number of anilines is 1. The van der Waals surface area contributed by atoms with Gasteiger partial charge in [-0.15, -0.1) is 0 Å². The number of benzene rings is 1. The van der Waals surface area contributed by atoms with Crippen molar-refractivity contribution in [2.75, 3.05) is 18.4 Å². The highest BCUT2D eigenvalue weighted by Gasteiger charge is 2.22. The number of piperidine rings is 1. The third-order valence-electron chi connectivity index (χ3n) is 3.71. The fourth-order valence-electron chi connectivity index (χ4n) is 2.67. The molecule has 1 fully saturated rings. The third kappa shape index (κ3) is 4.05. The number of nitrogens with one attached hydrogen (secondary N) is 1. The SMILES string of the molecule is CCC1CCCCN1CC(=O)Nc1ccccc1Br. The van der Waals surface area contributed by atoms with Crippen LogP contribution in [0.4, 0.5) is 5.69 Å². The van der Waals surface area contributed by atoms with E-state index >= 15 is 0 Å². The Kier molecular flexibility index (Phi) is 5.40. The number of para-hydroxylation sites is 1. The summed E-state index contributed by atoms with van der Waals surface area (Å²) in [5.74, 6) is 0.0762. The number of carbonyl (C=O) groups excluding carboxylic acids is 1. The first-order valence-electron chi connectivity index (χ1n) is 6.99. The molecule has 1 heterocycles. The molecule has 0 spiro atoms. The van der Waals surface area contributed by atoms with Crippen LogP contribution in [0.2, 0.25) is 0 Å². The van der Waals surface area contributed by atoms with Crippen molar-refractivity contribution in [3.63, 3.8) is 0 Å². The molecule has 1 aromatic carbocycles. The van der Waals surface area contributed by atoms with Gasteiger partial charge in [0.1, 0.15) is 0 Å². The molecule has 0 saturated carbocycles. The summed E-state index contributed by atoms with van der Waals surface area (Å²) in [5, 5.41) is 2.97. The van der Waals surface area contributed by atoms with Crippen molar-refractivity contribution in [3.8, 4) is 0 Å². The molecule has 1 aliphatic heterocycles. The van der Waals surface area contributed by atoms with Crippen LogP contribution in [-0.4, -0.2) is 29.9 Å². The molecule has 1 saturated heterocycles. The van der Waals surface area contributed by atoms with Gasteiger partial charge in [0.25, 0.3) is 0 Å². The topological polar surface area (TPSA) is 32.3 Å². The van der Waals surface area contributed by atoms with Gasteiger partial charge in [0, 0.05) is 10.5 Å². The van der Waals surface area contributed by atoms with E-state index in [9.17, 15) is 4.79 Å². The van der Waals surface area contributed by atoms with Gasteiger partial charge in [0.2, 0.25) is 5.91 Å². The van der Waals surface area contributed by atoms with Crippen molar-refractivity contribution >= 4 is 27.5 Å². The Morgan fingerprint density at radius 1 is 1.42 bits per heavy atom. The van der Waals surface area contributed by atoms with Crippen molar-refractivity contribution < 1.29 is 4.79 Å². The number of carbonyl (C=O) groups is 1. The molecule has 4 heteroatoms. The number of halogens is 1. The van der Waals surface area contributed by atoms with E-state index in [4.69, 9.17) is 0 Å². The number of likely N-dealkylation sites (tertiary alicyclic amines) is 1. The average molecular weight is 325 g/mol. The highest BCUT2D eigenvalue weighted by molar-refractivity contribution is 9.10. The van der Waals surface area contributed by atoms with Crippen LogP contribution in [0.5, 0.6) is 0 Å². The van der Waals surface area contributed by atoms with E-state index in [0.29, 0.717) is 12.6 Å². The van der Waals surface area contributed by atoms with Gasteiger partial charge < -0.3 is 5.32 Å². The average Bonchev–Trinajstić information content (AvgIpc) is 2.42. The van der Waals surface area contributed by atoms with Crippen molar-refractivity contribution in [1.82, 2.24) is 4.90 Å². The Labute approximate surface area is 123 Å².